The first-order chi connectivity index (χ1) is 17.4. The minimum atomic E-state index is -0.604. The second kappa shape index (κ2) is 11.6. The van der Waals surface area contributed by atoms with Crippen molar-refractivity contribution in [3.8, 4) is 6.07 Å². The second-order valence-corrected chi connectivity index (χ2v) is 9.81. The highest BCUT2D eigenvalue weighted by atomic mass is 19.1. The van der Waals surface area contributed by atoms with Gasteiger partial charge in [0.05, 0.1) is 6.07 Å². The van der Waals surface area contributed by atoms with Gasteiger partial charge in [-0.05, 0) is 50.0 Å². The summed E-state index contributed by atoms with van der Waals surface area (Å²) >= 11 is 0. The van der Waals surface area contributed by atoms with E-state index in [9.17, 15) is 14.4 Å². The van der Waals surface area contributed by atoms with Gasteiger partial charge >= 0.3 is 0 Å². The number of halogens is 1. The van der Waals surface area contributed by atoms with Crippen molar-refractivity contribution in [3.63, 3.8) is 0 Å². The van der Waals surface area contributed by atoms with Crippen molar-refractivity contribution in [2.24, 2.45) is 0 Å². The molecule has 0 unspecified atom stereocenters. The first-order valence-corrected chi connectivity index (χ1v) is 12.9. The molecule has 7 heteroatoms. The molecular formula is C29H36FN5O. The van der Waals surface area contributed by atoms with E-state index in [0.29, 0.717) is 54.2 Å². The number of piperazine rings is 1. The number of aryl methyl sites for hydroxylation is 1. The predicted octanol–water partition coefficient (Wildman–Crippen LogP) is 5.08. The van der Waals surface area contributed by atoms with E-state index in [1.165, 1.54) is 0 Å². The van der Waals surface area contributed by atoms with Crippen LogP contribution in [0.4, 0.5) is 15.9 Å². The van der Waals surface area contributed by atoms with Crippen LogP contribution in [0.2, 0.25) is 0 Å². The van der Waals surface area contributed by atoms with Crippen LogP contribution in [0.5, 0.6) is 0 Å². The van der Waals surface area contributed by atoms with Gasteiger partial charge in [-0.15, -0.1) is 0 Å². The third kappa shape index (κ3) is 5.55. The summed E-state index contributed by atoms with van der Waals surface area (Å²) in [5, 5.41) is 12.7. The fraction of sp³-hybridized carbons (Fsp3) is 0.448. The molecule has 1 saturated heterocycles. The number of allylic oxidation sites excluding steroid dienone is 5. The molecule has 0 radical (unpaired) electrons. The summed E-state index contributed by atoms with van der Waals surface area (Å²) in [6.45, 7) is 9.34. The SMILES string of the molecule is CCc1ccc(=O)c2c([nH]cc(CF)c1N1CCN(C(C)C)CC1)NC1=C(C/C=C\C(C#N)=CC1)C2. The van der Waals surface area contributed by atoms with Crippen LogP contribution in [-0.4, -0.2) is 42.1 Å². The smallest absolute Gasteiger partial charge is 0.185 e. The molecule has 6 nitrogen and oxygen atoms in total. The highest BCUT2D eigenvalue weighted by molar-refractivity contribution is 5.60. The number of anilines is 2. The molecule has 1 aliphatic carbocycles. The van der Waals surface area contributed by atoms with Crippen molar-refractivity contribution in [2.45, 2.75) is 59.2 Å². The number of rotatable bonds is 4. The molecule has 0 atom stereocenters. The molecule has 1 aromatic heterocycles. The van der Waals surface area contributed by atoms with E-state index in [1.807, 2.05) is 24.3 Å². The summed E-state index contributed by atoms with van der Waals surface area (Å²) < 4.78 is 14.5. The lowest BCUT2D eigenvalue weighted by atomic mass is 9.93. The maximum atomic E-state index is 14.5. The quantitative estimate of drug-likeness (QED) is 0.617. The summed E-state index contributed by atoms with van der Waals surface area (Å²) in [5.41, 5.74) is 5.77. The van der Waals surface area contributed by atoms with Gasteiger partial charge in [0, 0.05) is 79.3 Å². The Labute approximate surface area is 213 Å². The van der Waals surface area contributed by atoms with Gasteiger partial charge in [0.15, 0.2) is 5.43 Å². The van der Waals surface area contributed by atoms with Crippen molar-refractivity contribution in [2.75, 3.05) is 36.4 Å². The Balaban J connectivity index is 1.79. The molecule has 1 fully saturated rings. The molecule has 0 saturated carbocycles. The van der Waals surface area contributed by atoms with Gasteiger partial charge in [-0.3, -0.25) is 9.69 Å². The highest BCUT2D eigenvalue weighted by Crippen LogP contribution is 2.30. The minimum absolute atomic E-state index is 0.0529. The van der Waals surface area contributed by atoms with Gasteiger partial charge in [-0.1, -0.05) is 25.1 Å². The first kappa shape index (κ1) is 25.7. The van der Waals surface area contributed by atoms with Crippen molar-refractivity contribution in [1.82, 2.24) is 9.88 Å². The molecule has 2 N–H and O–H groups in total. The normalized spacial score (nSPS) is 18.7. The number of nitrogens with zero attached hydrogens (tertiary/aromatic N) is 3. The van der Waals surface area contributed by atoms with Crippen LogP contribution in [0.1, 0.15) is 50.3 Å². The molecule has 0 amide bonds. The zero-order valence-electron chi connectivity index (χ0n) is 21.5. The third-order valence-corrected chi connectivity index (χ3v) is 7.33. The molecule has 0 aromatic carbocycles. The highest BCUT2D eigenvalue weighted by Gasteiger charge is 2.23. The lowest BCUT2D eigenvalue weighted by molar-refractivity contribution is 0.209. The van der Waals surface area contributed by atoms with E-state index in [-0.39, 0.29) is 5.43 Å². The predicted molar refractivity (Wildman–Crippen MR) is 144 cm³/mol. The number of H-pyrrole nitrogens is 1. The third-order valence-electron chi connectivity index (χ3n) is 7.33. The standard InChI is InChI=1S/C29H36FN5O/c1-4-22-9-11-27(36)25-16-23-7-5-6-21(18-31)8-10-26(23)33-29(25)32-19-24(17-30)28(22)35-14-12-34(13-15-35)20(2)3/h5-6,8-9,11,19-20,32-33H,4,7,10,12-17H2,1-3H3/b6-5-,11-9?,21-8?,24-19?,28-22?. The maximum absolute atomic E-state index is 14.5. The summed E-state index contributed by atoms with van der Waals surface area (Å²) in [4.78, 5) is 21.3. The number of fused-ring (bicyclic) bond motifs is 1. The second-order valence-electron chi connectivity index (χ2n) is 9.81. The van der Waals surface area contributed by atoms with E-state index in [2.05, 4.69) is 46.9 Å². The van der Waals surface area contributed by atoms with E-state index in [4.69, 9.17) is 0 Å². The molecule has 36 heavy (non-hydrogen) atoms. The Kier molecular flexibility index (Phi) is 8.27. The molecule has 3 aliphatic rings. The van der Waals surface area contributed by atoms with Gasteiger partial charge in [-0.2, -0.15) is 5.26 Å². The summed E-state index contributed by atoms with van der Waals surface area (Å²) in [5.74, 6) is 0.592. The number of aromatic nitrogens is 1. The molecule has 4 rings (SSSR count). The largest absolute Gasteiger partial charge is 0.368 e. The number of hydrogen-bond acceptors (Lipinski definition) is 5. The van der Waals surface area contributed by atoms with Crippen LogP contribution in [0, 0.1) is 11.3 Å². The van der Waals surface area contributed by atoms with Crippen LogP contribution < -0.4 is 15.6 Å². The number of hydrogen-bond donors (Lipinski definition) is 2. The van der Waals surface area contributed by atoms with E-state index >= 15 is 0 Å². The molecule has 3 heterocycles. The molecule has 1 aromatic rings. The minimum Gasteiger partial charge on any atom is -0.368 e. The molecular weight excluding hydrogens is 453 g/mol. The summed E-state index contributed by atoms with van der Waals surface area (Å²) in [6.07, 6.45) is 9.88. The van der Waals surface area contributed by atoms with Gasteiger partial charge < -0.3 is 15.2 Å². The van der Waals surface area contributed by atoms with Gasteiger partial charge in [-0.25, -0.2) is 4.39 Å². The summed E-state index contributed by atoms with van der Waals surface area (Å²) in [7, 11) is 0. The van der Waals surface area contributed by atoms with E-state index < -0.39 is 6.67 Å². The monoisotopic (exact) mass is 489 g/mol. The van der Waals surface area contributed by atoms with Gasteiger partial charge in [0.1, 0.15) is 12.5 Å². The Morgan fingerprint density at radius 3 is 2.58 bits per heavy atom. The van der Waals surface area contributed by atoms with Crippen molar-refractivity contribution in [3.05, 3.63) is 80.3 Å². The Hall–Kier alpha value is -3.37. The van der Waals surface area contributed by atoms with Gasteiger partial charge in [0.2, 0.25) is 0 Å². The van der Waals surface area contributed by atoms with Crippen LogP contribution in [0.15, 0.2) is 58.2 Å². The average molecular weight is 490 g/mol. The number of aromatic amines is 1. The summed E-state index contributed by atoms with van der Waals surface area (Å²) in [6, 6.07) is 6.21. The lowest BCUT2D eigenvalue weighted by Crippen LogP contribution is -2.49. The van der Waals surface area contributed by atoms with Crippen molar-refractivity contribution in [1.29, 1.82) is 5.26 Å². The van der Waals surface area contributed by atoms with E-state index in [0.717, 1.165) is 48.7 Å². The first-order valence-electron chi connectivity index (χ1n) is 12.9. The molecule has 0 bridgehead atoms. The van der Waals surface area contributed by atoms with Crippen molar-refractivity contribution >= 4 is 11.5 Å². The lowest BCUT2D eigenvalue weighted by Gasteiger charge is -2.39. The van der Waals surface area contributed by atoms with Crippen molar-refractivity contribution < 1.29 is 4.39 Å². The Morgan fingerprint density at radius 1 is 1.14 bits per heavy atom. The van der Waals surface area contributed by atoms with E-state index in [1.54, 1.807) is 12.3 Å². The topological polar surface area (TPSA) is 75.2 Å². The Morgan fingerprint density at radius 2 is 1.92 bits per heavy atom. The Bertz CT molecular complexity index is 1240. The van der Waals surface area contributed by atoms with Crippen LogP contribution in [0.25, 0.3) is 0 Å². The molecule has 2 aliphatic heterocycles. The number of nitriles is 1. The zero-order chi connectivity index (χ0) is 25.7. The van der Waals surface area contributed by atoms with Gasteiger partial charge in [0.25, 0.3) is 0 Å². The van der Waals surface area contributed by atoms with Crippen LogP contribution >= 0.6 is 0 Å². The van der Waals surface area contributed by atoms with Crippen LogP contribution in [0.3, 0.4) is 0 Å². The average Bonchev–Trinajstić information content (AvgIpc) is 2.88. The molecule has 0 spiro atoms. The fourth-order valence-electron chi connectivity index (χ4n) is 5.18. The zero-order valence-corrected chi connectivity index (χ0v) is 21.5. The fourth-order valence-corrected chi connectivity index (χ4v) is 5.18. The molecule has 190 valence electrons. The number of alkyl halides is 1. The number of nitrogens with one attached hydrogen (secondary N) is 2. The maximum Gasteiger partial charge on any atom is 0.185 e. The van der Waals surface area contributed by atoms with Crippen LogP contribution in [-0.2, 0) is 19.5 Å².